The lowest BCUT2D eigenvalue weighted by Crippen LogP contribution is -2.20. The second-order valence-electron chi connectivity index (χ2n) is 2.60. The molecule has 0 unspecified atom stereocenters. The van der Waals surface area contributed by atoms with E-state index in [4.69, 9.17) is 9.84 Å². The summed E-state index contributed by atoms with van der Waals surface area (Å²) in [5, 5.41) is 11.5. The predicted octanol–water partition coefficient (Wildman–Crippen LogP) is 2.21. The summed E-state index contributed by atoms with van der Waals surface area (Å²) >= 11 is 0. The van der Waals surface area contributed by atoms with Crippen LogP contribution in [-0.4, -0.2) is 24.8 Å². The minimum Gasteiger partial charge on any atom is -0.470 e. The Balaban J connectivity index is 0. The van der Waals surface area contributed by atoms with Gasteiger partial charge in [-0.15, -0.1) is 0 Å². The second kappa shape index (κ2) is 12.9. The molecule has 0 amide bonds. The van der Waals surface area contributed by atoms with Gasteiger partial charge in [-0.3, -0.25) is 0 Å². The summed E-state index contributed by atoms with van der Waals surface area (Å²) < 4.78 is 5.01. The number of ether oxygens (including phenoxy) is 1. The van der Waals surface area contributed by atoms with Crippen LogP contribution in [0.2, 0.25) is 0 Å². The van der Waals surface area contributed by atoms with E-state index in [-0.39, 0.29) is 6.61 Å². The van der Waals surface area contributed by atoms with E-state index in [1.807, 2.05) is 26.8 Å². The highest BCUT2D eigenvalue weighted by Crippen LogP contribution is 2.00. The van der Waals surface area contributed by atoms with Crippen molar-refractivity contribution in [3.63, 3.8) is 0 Å². The fraction of sp³-hybridized carbons (Fsp3) is 0.500. The van der Waals surface area contributed by atoms with Gasteiger partial charge in [0, 0.05) is 13.1 Å². The van der Waals surface area contributed by atoms with Crippen LogP contribution in [0.3, 0.4) is 0 Å². The Bertz CT molecular complexity index is 198. The number of aliphatic hydroxyl groups is 1. The van der Waals surface area contributed by atoms with Gasteiger partial charge in [0.1, 0.15) is 5.76 Å². The molecule has 0 aliphatic rings. The van der Waals surface area contributed by atoms with Crippen LogP contribution in [0.4, 0.5) is 0 Å². The van der Waals surface area contributed by atoms with Crippen LogP contribution in [0.5, 0.6) is 0 Å². The molecule has 0 rings (SSSR count). The normalized spacial score (nSPS) is 10.0. The monoisotopic (exact) mass is 213 g/mol. The van der Waals surface area contributed by atoms with Gasteiger partial charge >= 0.3 is 0 Å². The zero-order valence-corrected chi connectivity index (χ0v) is 10.0. The average molecular weight is 213 g/mol. The smallest absolute Gasteiger partial charge is 0.100 e. The van der Waals surface area contributed by atoms with E-state index in [0.29, 0.717) is 13.1 Å². The quantitative estimate of drug-likeness (QED) is 0.387. The first-order chi connectivity index (χ1) is 7.20. The van der Waals surface area contributed by atoms with Gasteiger partial charge in [-0.2, -0.15) is 0 Å². The summed E-state index contributed by atoms with van der Waals surface area (Å²) in [7, 11) is 0. The van der Waals surface area contributed by atoms with Crippen molar-refractivity contribution in [3.8, 4) is 0 Å². The average Bonchev–Trinajstić information content (AvgIpc) is 2.21. The van der Waals surface area contributed by atoms with Crippen LogP contribution < -0.4 is 5.32 Å². The largest absolute Gasteiger partial charge is 0.470 e. The highest BCUT2D eigenvalue weighted by molar-refractivity contribution is 5.18. The Hall–Kier alpha value is -1.06. The van der Waals surface area contributed by atoms with Crippen molar-refractivity contribution in [2.24, 2.45) is 0 Å². The van der Waals surface area contributed by atoms with Crippen LogP contribution >= 0.6 is 0 Å². The zero-order valence-electron chi connectivity index (χ0n) is 10.0. The van der Waals surface area contributed by atoms with Gasteiger partial charge in [-0.25, -0.2) is 0 Å². The van der Waals surface area contributed by atoms with E-state index in [0.717, 1.165) is 11.3 Å². The van der Waals surface area contributed by atoms with E-state index in [1.54, 1.807) is 0 Å². The molecule has 0 radical (unpaired) electrons. The maximum absolute atomic E-state index is 8.50. The van der Waals surface area contributed by atoms with Gasteiger partial charge < -0.3 is 15.2 Å². The first kappa shape index (κ1) is 16.4. The summed E-state index contributed by atoms with van der Waals surface area (Å²) in [6.07, 6.45) is 3.20. The van der Waals surface area contributed by atoms with Crippen molar-refractivity contribution >= 4 is 0 Å². The maximum Gasteiger partial charge on any atom is 0.100 e. The third-order valence-corrected chi connectivity index (χ3v) is 1.32. The lowest BCUT2D eigenvalue weighted by atomic mass is 10.2. The van der Waals surface area contributed by atoms with Crippen molar-refractivity contribution in [2.75, 3.05) is 19.7 Å². The van der Waals surface area contributed by atoms with E-state index in [2.05, 4.69) is 18.5 Å². The first-order valence-electron chi connectivity index (χ1n) is 5.16. The topological polar surface area (TPSA) is 41.5 Å². The van der Waals surface area contributed by atoms with E-state index in [9.17, 15) is 0 Å². The Kier molecular flexibility index (Phi) is 14.1. The molecule has 0 bridgehead atoms. The molecule has 15 heavy (non-hydrogen) atoms. The van der Waals surface area contributed by atoms with Crippen molar-refractivity contribution in [2.45, 2.75) is 20.8 Å². The molecule has 0 aromatic carbocycles. The molecule has 0 aliphatic carbocycles. The van der Waals surface area contributed by atoms with Crippen molar-refractivity contribution < 1.29 is 9.84 Å². The molecule has 88 valence electrons. The summed E-state index contributed by atoms with van der Waals surface area (Å²) in [5.41, 5.74) is 0.910. The lowest BCUT2D eigenvalue weighted by Gasteiger charge is -2.03. The van der Waals surface area contributed by atoms with Gasteiger partial charge in [-0.1, -0.05) is 27.0 Å². The zero-order chi connectivity index (χ0) is 12.1. The van der Waals surface area contributed by atoms with Gasteiger partial charge in [0.2, 0.25) is 0 Å². The van der Waals surface area contributed by atoms with Crippen molar-refractivity contribution in [3.05, 3.63) is 36.8 Å². The Morgan fingerprint density at radius 3 is 2.53 bits per heavy atom. The molecule has 0 spiro atoms. The fourth-order valence-electron chi connectivity index (χ4n) is 0.832. The molecule has 0 aromatic rings. The van der Waals surface area contributed by atoms with Gasteiger partial charge in [-0.05, 0) is 18.6 Å². The molecular weight excluding hydrogens is 190 g/mol. The van der Waals surface area contributed by atoms with Crippen molar-refractivity contribution in [1.82, 2.24) is 5.32 Å². The van der Waals surface area contributed by atoms with Crippen LogP contribution in [0.25, 0.3) is 0 Å². The summed E-state index contributed by atoms with van der Waals surface area (Å²) in [4.78, 5) is 0. The Labute approximate surface area is 93.1 Å². The molecule has 0 heterocycles. The van der Waals surface area contributed by atoms with E-state index in [1.165, 1.54) is 6.26 Å². The van der Waals surface area contributed by atoms with Gasteiger partial charge in [0.15, 0.2) is 0 Å². The highest BCUT2D eigenvalue weighted by atomic mass is 16.5. The third-order valence-electron chi connectivity index (χ3n) is 1.32. The number of allylic oxidation sites excluding steroid dienone is 1. The van der Waals surface area contributed by atoms with E-state index >= 15 is 0 Å². The lowest BCUT2D eigenvalue weighted by molar-refractivity contribution is 0.294. The maximum atomic E-state index is 8.50. The molecule has 2 N–H and O–H groups in total. The molecule has 0 aromatic heterocycles. The molecule has 0 fully saturated rings. The molecule has 0 saturated carbocycles. The number of nitrogens with one attached hydrogen (secondary N) is 1. The first-order valence-corrected chi connectivity index (χ1v) is 5.16. The third kappa shape index (κ3) is 12.9. The predicted molar refractivity (Wildman–Crippen MR) is 65.5 cm³/mol. The van der Waals surface area contributed by atoms with Gasteiger partial charge in [0.05, 0.1) is 12.9 Å². The van der Waals surface area contributed by atoms with Gasteiger partial charge in [0.25, 0.3) is 0 Å². The molecule has 0 aliphatic heterocycles. The Morgan fingerprint density at radius 1 is 1.47 bits per heavy atom. The second-order valence-corrected chi connectivity index (χ2v) is 2.60. The minimum absolute atomic E-state index is 0.138. The summed E-state index contributed by atoms with van der Waals surface area (Å²) in [6.45, 7) is 14.5. The summed E-state index contributed by atoms with van der Waals surface area (Å²) in [5.74, 6) is 0.755. The Morgan fingerprint density at radius 2 is 2.07 bits per heavy atom. The van der Waals surface area contributed by atoms with Crippen LogP contribution in [0, 0.1) is 0 Å². The minimum atomic E-state index is 0.138. The standard InChI is InChI=1S/C10H17NO2.C2H6/c1-4-13-10(3)7-9(2)8-11-5-6-12;1-2/h4,7,11-12H,1-2,5-6,8H2,3H3;1-2H3/b10-7+;. The van der Waals surface area contributed by atoms with E-state index < -0.39 is 0 Å². The van der Waals surface area contributed by atoms with Crippen molar-refractivity contribution in [1.29, 1.82) is 0 Å². The molecule has 0 atom stereocenters. The molecule has 3 heteroatoms. The molecule has 0 saturated heterocycles. The highest BCUT2D eigenvalue weighted by Gasteiger charge is 1.91. The number of hydrogen-bond donors (Lipinski definition) is 2. The van der Waals surface area contributed by atoms with Crippen LogP contribution in [-0.2, 0) is 4.74 Å². The number of aliphatic hydroxyl groups excluding tert-OH is 1. The number of hydrogen-bond acceptors (Lipinski definition) is 3. The fourth-order valence-corrected chi connectivity index (χ4v) is 0.832. The SMILES string of the molecule is C=CO/C(C)=C/C(=C)CNCCO.CC. The number of rotatable bonds is 7. The van der Waals surface area contributed by atoms with Crippen LogP contribution in [0.1, 0.15) is 20.8 Å². The van der Waals surface area contributed by atoms with Crippen LogP contribution in [0.15, 0.2) is 36.8 Å². The summed E-state index contributed by atoms with van der Waals surface area (Å²) in [6, 6.07) is 0. The molecule has 3 nitrogen and oxygen atoms in total. The molecular formula is C12H23NO2.